The SMILES string of the molecule is CNC1CCS(=O)(=O)c2ccc(C)cc21. The smallest absolute Gasteiger partial charge is 0.178 e. The summed E-state index contributed by atoms with van der Waals surface area (Å²) >= 11 is 0. The Morgan fingerprint density at radius 1 is 1.40 bits per heavy atom. The molecule has 0 saturated carbocycles. The Bertz CT molecular complexity index is 479. The van der Waals surface area contributed by atoms with Crippen LogP contribution in [0.3, 0.4) is 0 Å². The lowest BCUT2D eigenvalue weighted by molar-refractivity contribution is 0.528. The van der Waals surface area contributed by atoms with Gasteiger partial charge in [-0.05, 0) is 32.0 Å². The molecule has 0 aromatic heterocycles. The third-order valence-corrected chi connectivity index (χ3v) is 4.71. The zero-order chi connectivity index (χ0) is 11.1. The van der Waals surface area contributed by atoms with E-state index in [4.69, 9.17) is 0 Å². The average Bonchev–Trinajstić information content (AvgIpc) is 2.17. The van der Waals surface area contributed by atoms with E-state index in [1.807, 2.05) is 26.1 Å². The minimum Gasteiger partial charge on any atom is -0.313 e. The number of hydrogen-bond acceptors (Lipinski definition) is 3. The summed E-state index contributed by atoms with van der Waals surface area (Å²) in [6, 6.07) is 5.72. The highest BCUT2D eigenvalue weighted by Gasteiger charge is 2.29. The molecule has 1 N–H and O–H groups in total. The predicted octanol–water partition coefficient (Wildman–Crippen LogP) is 1.43. The summed E-state index contributed by atoms with van der Waals surface area (Å²) in [5.74, 6) is 0.245. The van der Waals surface area contributed by atoms with Crippen molar-refractivity contribution in [2.24, 2.45) is 0 Å². The summed E-state index contributed by atoms with van der Waals surface area (Å²) in [5, 5.41) is 3.16. The molecule has 4 heteroatoms. The maximum Gasteiger partial charge on any atom is 0.178 e. The predicted molar refractivity (Wildman–Crippen MR) is 59.6 cm³/mol. The molecule has 1 aliphatic heterocycles. The van der Waals surface area contributed by atoms with Crippen LogP contribution in [0.2, 0.25) is 0 Å². The first-order valence-electron chi connectivity index (χ1n) is 5.05. The highest BCUT2D eigenvalue weighted by Crippen LogP contribution is 2.32. The molecule has 1 heterocycles. The van der Waals surface area contributed by atoms with Gasteiger partial charge in [0.25, 0.3) is 0 Å². The summed E-state index contributed by atoms with van der Waals surface area (Å²) in [6.45, 7) is 1.98. The summed E-state index contributed by atoms with van der Waals surface area (Å²) < 4.78 is 23.6. The van der Waals surface area contributed by atoms with Crippen LogP contribution in [0.15, 0.2) is 23.1 Å². The number of aryl methyl sites for hydroxylation is 1. The van der Waals surface area contributed by atoms with Gasteiger partial charge in [0.2, 0.25) is 0 Å². The van der Waals surface area contributed by atoms with Gasteiger partial charge in [0, 0.05) is 6.04 Å². The Morgan fingerprint density at radius 3 is 2.80 bits per heavy atom. The second kappa shape index (κ2) is 3.61. The van der Waals surface area contributed by atoms with Crippen molar-refractivity contribution in [3.05, 3.63) is 29.3 Å². The van der Waals surface area contributed by atoms with Crippen molar-refractivity contribution >= 4 is 9.84 Å². The lowest BCUT2D eigenvalue weighted by Gasteiger charge is -2.25. The van der Waals surface area contributed by atoms with Gasteiger partial charge in [-0.1, -0.05) is 17.7 Å². The van der Waals surface area contributed by atoms with Gasteiger partial charge in [0.05, 0.1) is 10.6 Å². The molecule has 0 fully saturated rings. The van der Waals surface area contributed by atoms with E-state index in [0.29, 0.717) is 11.3 Å². The lowest BCUT2D eigenvalue weighted by Crippen LogP contribution is -2.27. The normalized spacial score (nSPS) is 23.5. The monoisotopic (exact) mass is 225 g/mol. The van der Waals surface area contributed by atoms with E-state index >= 15 is 0 Å². The molecule has 1 atom stereocenters. The molecule has 0 saturated heterocycles. The van der Waals surface area contributed by atoms with E-state index in [9.17, 15) is 8.42 Å². The van der Waals surface area contributed by atoms with Crippen LogP contribution in [-0.2, 0) is 9.84 Å². The number of sulfone groups is 1. The van der Waals surface area contributed by atoms with Crippen LogP contribution in [0.25, 0.3) is 0 Å². The average molecular weight is 225 g/mol. The minimum absolute atomic E-state index is 0.170. The zero-order valence-electron chi connectivity index (χ0n) is 8.95. The van der Waals surface area contributed by atoms with Gasteiger partial charge in [-0.15, -0.1) is 0 Å². The first-order chi connectivity index (χ1) is 7.04. The Morgan fingerprint density at radius 2 is 2.13 bits per heavy atom. The molecule has 0 radical (unpaired) electrons. The van der Waals surface area contributed by atoms with Crippen LogP contribution >= 0.6 is 0 Å². The van der Waals surface area contributed by atoms with Gasteiger partial charge in [0.15, 0.2) is 9.84 Å². The number of nitrogens with one attached hydrogen (secondary N) is 1. The Labute approximate surface area is 90.4 Å². The van der Waals surface area contributed by atoms with Gasteiger partial charge in [-0.25, -0.2) is 8.42 Å². The van der Waals surface area contributed by atoms with Crippen molar-refractivity contribution in [1.29, 1.82) is 0 Å². The fourth-order valence-electron chi connectivity index (χ4n) is 2.06. The Hall–Kier alpha value is -0.870. The molecule has 1 unspecified atom stereocenters. The molecule has 3 nitrogen and oxygen atoms in total. The topological polar surface area (TPSA) is 46.2 Å². The Balaban J connectivity index is 2.64. The van der Waals surface area contributed by atoms with Crippen molar-refractivity contribution in [2.75, 3.05) is 12.8 Å². The largest absolute Gasteiger partial charge is 0.313 e. The van der Waals surface area contributed by atoms with E-state index in [0.717, 1.165) is 11.1 Å². The minimum atomic E-state index is -3.04. The molecule has 1 aliphatic rings. The van der Waals surface area contributed by atoms with Gasteiger partial charge >= 0.3 is 0 Å². The lowest BCUT2D eigenvalue weighted by atomic mass is 10.0. The third-order valence-electron chi connectivity index (χ3n) is 2.90. The second-order valence-electron chi connectivity index (χ2n) is 3.99. The van der Waals surface area contributed by atoms with Gasteiger partial charge in [-0.2, -0.15) is 0 Å². The molecule has 1 aromatic carbocycles. The van der Waals surface area contributed by atoms with E-state index in [-0.39, 0.29) is 11.8 Å². The van der Waals surface area contributed by atoms with Gasteiger partial charge in [-0.3, -0.25) is 0 Å². The van der Waals surface area contributed by atoms with Crippen molar-refractivity contribution < 1.29 is 8.42 Å². The maximum absolute atomic E-state index is 11.8. The van der Waals surface area contributed by atoms with E-state index in [2.05, 4.69) is 5.32 Å². The first kappa shape index (κ1) is 10.6. The Kier molecular flexibility index (Phi) is 2.56. The third kappa shape index (κ3) is 1.79. The summed E-state index contributed by atoms with van der Waals surface area (Å²) in [4.78, 5) is 0.499. The maximum atomic E-state index is 11.8. The number of rotatable bonds is 1. The van der Waals surface area contributed by atoms with Crippen LogP contribution in [0.4, 0.5) is 0 Å². The fraction of sp³-hybridized carbons (Fsp3) is 0.455. The molecule has 1 aromatic rings. The number of benzene rings is 1. The van der Waals surface area contributed by atoms with Crippen molar-refractivity contribution in [3.63, 3.8) is 0 Å². The molecule has 0 amide bonds. The van der Waals surface area contributed by atoms with Crippen LogP contribution < -0.4 is 5.32 Å². The standard InChI is InChI=1S/C11H15NO2S/c1-8-3-4-11-9(7-8)10(12-2)5-6-15(11,13)14/h3-4,7,10,12H,5-6H2,1-2H3. The highest BCUT2D eigenvalue weighted by atomic mass is 32.2. The summed E-state index contributed by atoms with van der Waals surface area (Å²) in [5.41, 5.74) is 2.02. The van der Waals surface area contributed by atoms with Crippen LogP contribution in [-0.4, -0.2) is 21.2 Å². The van der Waals surface area contributed by atoms with Crippen LogP contribution in [0.5, 0.6) is 0 Å². The summed E-state index contributed by atoms with van der Waals surface area (Å²) in [7, 11) is -1.17. The molecule has 0 aliphatic carbocycles. The molecular weight excluding hydrogens is 210 g/mol. The van der Waals surface area contributed by atoms with Gasteiger partial charge in [0.1, 0.15) is 0 Å². The van der Waals surface area contributed by atoms with E-state index < -0.39 is 9.84 Å². The second-order valence-corrected chi connectivity index (χ2v) is 6.07. The molecule has 0 bridgehead atoms. The van der Waals surface area contributed by atoms with Gasteiger partial charge < -0.3 is 5.32 Å². The van der Waals surface area contributed by atoms with E-state index in [1.165, 1.54) is 0 Å². The first-order valence-corrected chi connectivity index (χ1v) is 6.70. The zero-order valence-corrected chi connectivity index (χ0v) is 9.76. The van der Waals surface area contributed by atoms with E-state index in [1.54, 1.807) is 6.07 Å². The van der Waals surface area contributed by atoms with Crippen molar-refractivity contribution in [2.45, 2.75) is 24.3 Å². The number of hydrogen-bond donors (Lipinski definition) is 1. The quantitative estimate of drug-likeness (QED) is 0.786. The molecule has 2 rings (SSSR count). The molecular formula is C11H15NO2S. The van der Waals surface area contributed by atoms with Crippen molar-refractivity contribution in [1.82, 2.24) is 5.32 Å². The summed E-state index contributed by atoms with van der Waals surface area (Å²) in [6.07, 6.45) is 0.662. The fourth-order valence-corrected chi connectivity index (χ4v) is 3.66. The van der Waals surface area contributed by atoms with Crippen LogP contribution in [0, 0.1) is 6.92 Å². The number of fused-ring (bicyclic) bond motifs is 1. The van der Waals surface area contributed by atoms with Crippen molar-refractivity contribution in [3.8, 4) is 0 Å². The molecule has 0 spiro atoms. The molecule has 82 valence electrons. The highest BCUT2D eigenvalue weighted by molar-refractivity contribution is 7.91. The molecule has 15 heavy (non-hydrogen) atoms. The van der Waals surface area contributed by atoms with Crippen LogP contribution in [0.1, 0.15) is 23.6 Å².